The van der Waals surface area contributed by atoms with Crippen molar-refractivity contribution in [3.63, 3.8) is 0 Å². The smallest absolute Gasteiger partial charge is 0.141 e. The maximum Gasteiger partial charge on any atom is 0.141 e. The van der Waals surface area contributed by atoms with Crippen molar-refractivity contribution in [2.45, 2.75) is 32.2 Å². The van der Waals surface area contributed by atoms with Gasteiger partial charge in [0.15, 0.2) is 0 Å². The van der Waals surface area contributed by atoms with Crippen LogP contribution >= 0.6 is 0 Å². The summed E-state index contributed by atoms with van der Waals surface area (Å²) < 4.78 is 16.9. The minimum atomic E-state index is -0.555. The maximum atomic E-state index is 14.6. The summed E-state index contributed by atoms with van der Waals surface area (Å²) in [7, 11) is 0. The Hall–Kier alpha value is -3.98. The van der Waals surface area contributed by atoms with Crippen LogP contribution in [0, 0.1) is 28.5 Å². The van der Waals surface area contributed by atoms with Crippen molar-refractivity contribution in [1.29, 1.82) is 10.7 Å². The second kappa shape index (κ2) is 8.51. The third-order valence-electron chi connectivity index (χ3n) is 6.65. The van der Waals surface area contributed by atoms with Crippen LogP contribution in [0.4, 0.5) is 10.1 Å². The van der Waals surface area contributed by atoms with Gasteiger partial charge in [0, 0.05) is 46.7 Å². The van der Waals surface area contributed by atoms with Crippen LogP contribution in [0.3, 0.4) is 0 Å². The minimum absolute atomic E-state index is 0.0119. The molecule has 0 bridgehead atoms. The summed E-state index contributed by atoms with van der Waals surface area (Å²) >= 11 is 0. The van der Waals surface area contributed by atoms with Crippen molar-refractivity contribution in [1.82, 2.24) is 9.55 Å². The van der Waals surface area contributed by atoms with E-state index >= 15 is 0 Å². The first kappa shape index (κ1) is 20.9. The summed E-state index contributed by atoms with van der Waals surface area (Å²) in [6, 6.07) is 14.1. The van der Waals surface area contributed by atoms with Gasteiger partial charge in [-0.15, -0.1) is 0 Å². The average molecular weight is 438 g/mol. The summed E-state index contributed by atoms with van der Waals surface area (Å²) in [5, 5.41) is 17.8. The fourth-order valence-electron chi connectivity index (χ4n) is 4.91. The molecule has 6 heteroatoms. The molecule has 5 rings (SSSR count). The van der Waals surface area contributed by atoms with E-state index in [1.54, 1.807) is 12.1 Å². The van der Waals surface area contributed by atoms with Gasteiger partial charge in [-0.25, -0.2) is 4.39 Å². The fraction of sp³-hybridized carbons (Fsp3) is 0.222. The molecule has 0 amide bonds. The number of aromatic nitrogens is 2. The summed E-state index contributed by atoms with van der Waals surface area (Å²) in [4.78, 5) is 4.81. The van der Waals surface area contributed by atoms with Gasteiger partial charge in [-0.3, -0.25) is 4.98 Å². The standard InChI is InChI=1S/C27H24FN5/c28-23-12-18(5-6-20(23)13-29)26-22-9-10-33(16-17-3-1-2-4-17)25(22)15-32-27(26)19-7-8-24(31)21(11-19)14-30/h5-12,14-15,17,30H,1-4,16,31H2. The highest BCUT2D eigenvalue weighted by atomic mass is 19.1. The predicted octanol–water partition coefficient (Wildman–Crippen LogP) is 6.15. The zero-order valence-corrected chi connectivity index (χ0v) is 18.2. The van der Waals surface area contributed by atoms with E-state index in [9.17, 15) is 4.39 Å². The number of pyridine rings is 1. The van der Waals surface area contributed by atoms with Crippen LogP contribution < -0.4 is 5.73 Å². The quantitative estimate of drug-likeness (QED) is 0.290. The van der Waals surface area contributed by atoms with Gasteiger partial charge < -0.3 is 15.7 Å². The van der Waals surface area contributed by atoms with Crippen LogP contribution in [0.15, 0.2) is 54.9 Å². The minimum Gasteiger partial charge on any atom is -0.398 e. The highest BCUT2D eigenvalue weighted by molar-refractivity contribution is 6.02. The first-order chi connectivity index (χ1) is 16.1. The van der Waals surface area contributed by atoms with Crippen molar-refractivity contribution in [3.05, 3.63) is 71.8 Å². The van der Waals surface area contributed by atoms with E-state index < -0.39 is 5.82 Å². The number of benzene rings is 2. The highest BCUT2D eigenvalue weighted by Gasteiger charge is 2.20. The number of hydrogen-bond acceptors (Lipinski definition) is 4. The molecule has 1 fully saturated rings. The molecule has 3 N–H and O–H groups in total. The fourth-order valence-corrected chi connectivity index (χ4v) is 4.91. The Labute approximate surface area is 191 Å². The number of nitrogens with two attached hydrogens (primary N) is 1. The third kappa shape index (κ3) is 3.76. The monoisotopic (exact) mass is 437 g/mol. The largest absolute Gasteiger partial charge is 0.398 e. The lowest BCUT2D eigenvalue weighted by atomic mass is 9.94. The molecule has 33 heavy (non-hydrogen) atoms. The van der Waals surface area contributed by atoms with Crippen LogP contribution in [0.1, 0.15) is 36.8 Å². The summed E-state index contributed by atoms with van der Waals surface area (Å²) in [5.74, 6) is 0.115. The second-order valence-electron chi connectivity index (χ2n) is 8.69. The molecule has 0 saturated heterocycles. The van der Waals surface area contributed by atoms with Gasteiger partial charge in [-0.2, -0.15) is 5.26 Å². The van der Waals surface area contributed by atoms with E-state index in [2.05, 4.69) is 16.8 Å². The molecule has 0 spiro atoms. The molecule has 0 unspecified atom stereocenters. The van der Waals surface area contributed by atoms with Crippen LogP contribution in [0.25, 0.3) is 33.3 Å². The molecular formula is C27H24FN5. The van der Waals surface area contributed by atoms with Gasteiger partial charge in [0.05, 0.1) is 23.0 Å². The number of anilines is 1. The summed E-state index contributed by atoms with van der Waals surface area (Å²) in [5.41, 5.74) is 11.1. The molecule has 0 radical (unpaired) electrons. The number of nitriles is 1. The van der Waals surface area contributed by atoms with Crippen molar-refractivity contribution >= 4 is 22.8 Å². The molecule has 1 saturated carbocycles. The molecule has 5 nitrogen and oxygen atoms in total. The maximum absolute atomic E-state index is 14.6. The summed E-state index contributed by atoms with van der Waals surface area (Å²) in [6.07, 6.45) is 10.3. The molecule has 2 aromatic heterocycles. The van der Waals surface area contributed by atoms with Gasteiger partial charge >= 0.3 is 0 Å². The molecule has 4 aromatic rings. The number of nitrogens with one attached hydrogen (secondary N) is 1. The number of nitrogen functional groups attached to an aromatic ring is 1. The SMILES string of the molecule is N#Cc1ccc(-c2c(-c3ccc(N)c(C=N)c3)ncc3c2ccn3CC2CCCC2)cc1F. The lowest BCUT2D eigenvalue weighted by molar-refractivity contribution is 0.466. The molecule has 0 atom stereocenters. The predicted molar refractivity (Wildman–Crippen MR) is 130 cm³/mol. The zero-order chi connectivity index (χ0) is 22.9. The van der Waals surface area contributed by atoms with Crippen molar-refractivity contribution in [2.75, 3.05) is 5.73 Å². The highest BCUT2D eigenvalue weighted by Crippen LogP contribution is 2.39. The van der Waals surface area contributed by atoms with E-state index in [4.69, 9.17) is 21.4 Å². The van der Waals surface area contributed by atoms with E-state index in [0.717, 1.165) is 28.6 Å². The Balaban J connectivity index is 1.73. The van der Waals surface area contributed by atoms with E-state index in [-0.39, 0.29) is 5.56 Å². The van der Waals surface area contributed by atoms with Crippen molar-refractivity contribution in [3.8, 4) is 28.5 Å². The van der Waals surface area contributed by atoms with E-state index in [1.165, 1.54) is 44.0 Å². The normalized spacial score (nSPS) is 13.9. The zero-order valence-electron chi connectivity index (χ0n) is 18.2. The molecule has 1 aliphatic carbocycles. The third-order valence-corrected chi connectivity index (χ3v) is 6.65. The first-order valence-corrected chi connectivity index (χ1v) is 11.2. The van der Waals surface area contributed by atoms with Gasteiger partial charge in [-0.1, -0.05) is 25.0 Å². The molecule has 2 aromatic carbocycles. The lowest BCUT2D eigenvalue weighted by Crippen LogP contribution is -2.06. The van der Waals surface area contributed by atoms with Crippen LogP contribution in [0.5, 0.6) is 0 Å². The Morgan fingerprint density at radius 3 is 2.67 bits per heavy atom. The molecule has 0 aliphatic heterocycles. The van der Waals surface area contributed by atoms with Crippen LogP contribution in [-0.2, 0) is 6.54 Å². The Bertz CT molecular complexity index is 1410. The van der Waals surface area contributed by atoms with Gasteiger partial charge in [-0.05, 0) is 54.7 Å². The van der Waals surface area contributed by atoms with Gasteiger partial charge in [0.25, 0.3) is 0 Å². The lowest BCUT2D eigenvalue weighted by Gasteiger charge is -2.15. The van der Waals surface area contributed by atoms with E-state index in [0.29, 0.717) is 28.4 Å². The molecule has 1 aliphatic rings. The first-order valence-electron chi connectivity index (χ1n) is 11.2. The van der Waals surface area contributed by atoms with Crippen LogP contribution in [0.2, 0.25) is 0 Å². The topological polar surface area (TPSA) is 91.5 Å². The number of hydrogen-bond donors (Lipinski definition) is 2. The van der Waals surface area contributed by atoms with Gasteiger partial charge in [0.1, 0.15) is 11.9 Å². The Morgan fingerprint density at radius 1 is 1.15 bits per heavy atom. The van der Waals surface area contributed by atoms with Crippen LogP contribution in [-0.4, -0.2) is 15.8 Å². The summed E-state index contributed by atoms with van der Waals surface area (Å²) in [6.45, 7) is 0.950. The number of halogens is 1. The van der Waals surface area contributed by atoms with Crippen molar-refractivity contribution < 1.29 is 4.39 Å². The average Bonchev–Trinajstić information content (AvgIpc) is 3.49. The Morgan fingerprint density at radius 2 is 1.94 bits per heavy atom. The van der Waals surface area contributed by atoms with Gasteiger partial charge in [0.2, 0.25) is 0 Å². The molecule has 164 valence electrons. The second-order valence-corrected chi connectivity index (χ2v) is 8.69. The number of rotatable bonds is 5. The molecule has 2 heterocycles. The van der Waals surface area contributed by atoms with Crippen molar-refractivity contribution in [2.24, 2.45) is 5.92 Å². The Kier molecular flexibility index (Phi) is 5.39. The number of nitrogens with zero attached hydrogens (tertiary/aromatic N) is 3. The number of fused-ring (bicyclic) bond motifs is 1. The van der Waals surface area contributed by atoms with E-state index in [1.807, 2.05) is 24.4 Å². The molecular weight excluding hydrogens is 413 g/mol.